The minimum Gasteiger partial charge on any atom is -0.273 e. The van der Waals surface area contributed by atoms with Crippen LogP contribution in [0.4, 0.5) is 5.13 Å². The molecule has 0 saturated carbocycles. The zero-order valence-electron chi connectivity index (χ0n) is 11.9. The number of amides is 1. The van der Waals surface area contributed by atoms with Gasteiger partial charge < -0.3 is 0 Å². The summed E-state index contributed by atoms with van der Waals surface area (Å²) in [5, 5.41) is 2.03. The van der Waals surface area contributed by atoms with Gasteiger partial charge in [0.1, 0.15) is 5.25 Å². The number of carbonyl (C=O) groups is 1. The molecule has 1 aliphatic rings. The summed E-state index contributed by atoms with van der Waals surface area (Å²) in [7, 11) is -3.78. The highest BCUT2D eigenvalue weighted by Crippen LogP contribution is 2.24. The molecule has 0 aliphatic heterocycles. The normalized spacial score (nSPS) is 18.0. The van der Waals surface area contributed by atoms with Crippen molar-refractivity contribution in [1.82, 2.24) is 9.99 Å². The van der Waals surface area contributed by atoms with Crippen LogP contribution in [-0.2, 0) is 14.8 Å². The Bertz CT molecular complexity index is 696. The fourth-order valence-electron chi connectivity index (χ4n) is 1.88. The SMILES string of the molecule is CCC(=O)N(N)C1=CCC(S(=O)(=O)N(N)c2nccs2)C=C1. The molecule has 1 aliphatic carbocycles. The van der Waals surface area contributed by atoms with Gasteiger partial charge in [-0.2, -0.15) is 4.41 Å². The largest absolute Gasteiger partial charge is 0.273 e. The summed E-state index contributed by atoms with van der Waals surface area (Å²) in [5.41, 5.74) is 0.469. The van der Waals surface area contributed by atoms with Crippen LogP contribution in [0.15, 0.2) is 35.5 Å². The third-order valence-electron chi connectivity index (χ3n) is 3.15. The molecule has 1 amide bonds. The van der Waals surface area contributed by atoms with Gasteiger partial charge in [0, 0.05) is 18.0 Å². The molecule has 0 fully saturated rings. The molecule has 2 rings (SSSR count). The summed E-state index contributed by atoms with van der Waals surface area (Å²) in [5.74, 6) is 11.1. The second kappa shape index (κ2) is 6.57. The molecule has 120 valence electrons. The van der Waals surface area contributed by atoms with Gasteiger partial charge in [0.15, 0.2) is 0 Å². The number of thiazole rings is 1. The second-order valence-corrected chi connectivity index (χ2v) is 7.44. The van der Waals surface area contributed by atoms with Crippen LogP contribution in [0.1, 0.15) is 19.8 Å². The molecular weight excluding hydrogens is 326 g/mol. The lowest BCUT2D eigenvalue weighted by molar-refractivity contribution is -0.129. The zero-order valence-corrected chi connectivity index (χ0v) is 13.5. The van der Waals surface area contributed by atoms with E-state index in [4.69, 9.17) is 11.7 Å². The van der Waals surface area contributed by atoms with Crippen molar-refractivity contribution in [3.05, 3.63) is 35.5 Å². The summed E-state index contributed by atoms with van der Waals surface area (Å²) >= 11 is 1.13. The van der Waals surface area contributed by atoms with E-state index in [9.17, 15) is 13.2 Å². The minimum absolute atomic E-state index is 0.179. The fourth-order valence-corrected chi connectivity index (χ4v) is 3.97. The first-order valence-electron chi connectivity index (χ1n) is 6.52. The van der Waals surface area contributed by atoms with Gasteiger partial charge in [0.2, 0.25) is 11.0 Å². The van der Waals surface area contributed by atoms with E-state index >= 15 is 0 Å². The number of nitrogens with zero attached hydrogens (tertiary/aromatic N) is 3. The van der Waals surface area contributed by atoms with Crippen LogP contribution >= 0.6 is 11.3 Å². The van der Waals surface area contributed by atoms with Crippen molar-refractivity contribution < 1.29 is 13.2 Å². The van der Waals surface area contributed by atoms with Gasteiger partial charge in [0.05, 0.1) is 5.70 Å². The quantitative estimate of drug-likeness (QED) is 0.455. The number of aromatic nitrogens is 1. The van der Waals surface area contributed by atoms with E-state index in [1.165, 1.54) is 18.3 Å². The second-order valence-electron chi connectivity index (χ2n) is 4.54. The summed E-state index contributed by atoms with van der Waals surface area (Å²) < 4.78 is 25.5. The molecule has 1 aromatic rings. The van der Waals surface area contributed by atoms with Crippen molar-refractivity contribution in [3.8, 4) is 0 Å². The first-order valence-corrected chi connectivity index (χ1v) is 8.90. The number of rotatable bonds is 5. The number of hydrazine groups is 2. The van der Waals surface area contributed by atoms with Gasteiger partial charge in [0.25, 0.3) is 10.0 Å². The van der Waals surface area contributed by atoms with Gasteiger partial charge in [-0.1, -0.05) is 19.1 Å². The minimum atomic E-state index is -3.78. The zero-order chi connectivity index (χ0) is 16.3. The van der Waals surface area contributed by atoms with E-state index in [0.29, 0.717) is 10.1 Å². The van der Waals surface area contributed by atoms with Crippen LogP contribution < -0.4 is 16.1 Å². The lowest BCUT2D eigenvalue weighted by Crippen LogP contribution is -2.44. The Hall–Kier alpha value is -1.75. The molecular formula is C12H17N5O3S2. The molecule has 0 spiro atoms. The molecule has 4 N–H and O–H groups in total. The highest BCUT2D eigenvalue weighted by atomic mass is 32.2. The highest BCUT2D eigenvalue weighted by Gasteiger charge is 2.31. The summed E-state index contributed by atoms with van der Waals surface area (Å²) in [6.07, 6.45) is 6.51. The Morgan fingerprint density at radius 1 is 1.50 bits per heavy atom. The maximum absolute atomic E-state index is 12.4. The predicted octanol–water partition coefficient (Wildman–Crippen LogP) is 0.478. The summed E-state index contributed by atoms with van der Waals surface area (Å²) in [4.78, 5) is 15.4. The standard InChI is InChI=1S/C12H17N5O3S2/c1-2-11(18)16(13)9-3-5-10(6-4-9)22(19,20)17(14)12-15-7-8-21-12/h3-5,7-8,10H,2,6,13-14H2,1H3. The maximum Gasteiger partial charge on any atom is 0.257 e. The molecule has 1 atom stereocenters. The van der Waals surface area contributed by atoms with Crippen molar-refractivity contribution in [1.29, 1.82) is 0 Å². The molecule has 1 unspecified atom stereocenters. The molecule has 0 bridgehead atoms. The number of anilines is 1. The Balaban J connectivity index is 2.13. The summed E-state index contributed by atoms with van der Waals surface area (Å²) in [6.45, 7) is 1.70. The van der Waals surface area contributed by atoms with Crippen LogP contribution in [0, 0.1) is 0 Å². The molecule has 1 heterocycles. The number of allylic oxidation sites excluding steroid dienone is 2. The number of hydrogen-bond donors (Lipinski definition) is 2. The number of hydrogen-bond acceptors (Lipinski definition) is 7. The Morgan fingerprint density at radius 3 is 2.73 bits per heavy atom. The predicted molar refractivity (Wildman–Crippen MR) is 84.7 cm³/mol. The fraction of sp³-hybridized carbons (Fsp3) is 0.333. The number of nitrogens with two attached hydrogens (primary N) is 2. The van der Waals surface area contributed by atoms with Crippen molar-refractivity contribution >= 4 is 32.4 Å². The lowest BCUT2D eigenvalue weighted by Gasteiger charge is -2.25. The van der Waals surface area contributed by atoms with Gasteiger partial charge in [-0.15, -0.1) is 11.3 Å². The Morgan fingerprint density at radius 2 is 2.23 bits per heavy atom. The van der Waals surface area contributed by atoms with Crippen molar-refractivity contribution in [2.75, 3.05) is 4.41 Å². The van der Waals surface area contributed by atoms with Crippen LogP contribution in [0.3, 0.4) is 0 Å². The molecule has 0 radical (unpaired) electrons. The van der Waals surface area contributed by atoms with Gasteiger partial charge in [-0.05, 0) is 12.5 Å². The number of sulfonamides is 1. The monoisotopic (exact) mass is 343 g/mol. The van der Waals surface area contributed by atoms with Gasteiger partial charge in [-0.3, -0.25) is 4.79 Å². The van der Waals surface area contributed by atoms with E-state index in [-0.39, 0.29) is 23.9 Å². The van der Waals surface area contributed by atoms with Crippen molar-refractivity contribution in [2.45, 2.75) is 25.0 Å². The van der Waals surface area contributed by atoms with Crippen LogP contribution in [0.2, 0.25) is 0 Å². The van der Waals surface area contributed by atoms with Gasteiger partial charge in [-0.25, -0.2) is 30.1 Å². The molecule has 0 saturated heterocycles. The molecule has 1 aromatic heterocycles. The first-order chi connectivity index (χ1) is 10.4. The van der Waals surface area contributed by atoms with Crippen LogP contribution in [0.25, 0.3) is 0 Å². The molecule has 8 nitrogen and oxygen atoms in total. The number of carbonyl (C=O) groups excluding carboxylic acids is 1. The Labute approximate surface area is 132 Å². The lowest BCUT2D eigenvalue weighted by atomic mass is 10.1. The summed E-state index contributed by atoms with van der Waals surface area (Å²) in [6, 6.07) is 0. The molecule has 0 aromatic carbocycles. The molecule has 10 heteroatoms. The third-order valence-corrected chi connectivity index (χ3v) is 5.88. The van der Waals surface area contributed by atoms with E-state index < -0.39 is 15.3 Å². The van der Waals surface area contributed by atoms with Crippen LogP contribution in [0.5, 0.6) is 0 Å². The van der Waals surface area contributed by atoms with Crippen LogP contribution in [-0.4, -0.2) is 29.6 Å². The smallest absolute Gasteiger partial charge is 0.257 e. The first kappa shape index (κ1) is 16.6. The third kappa shape index (κ3) is 3.19. The Kier molecular flexibility index (Phi) is 4.96. The van der Waals surface area contributed by atoms with Crippen molar-refractivity contribution in [3.63, 3.8) is 0 Å². The molecule has 22 heavy (non-hydrogen) atoms. The van der Waals surface area contributed by atoms with E-state index in [0.717, 1.165) is 16.3 Å². The average molecular weight is 343 g/mol. The average Bonchev–Trinajstić information content (AvgIpc) is 3.07. The highest BCUT2D eigenvalue weighted by molar-refractivity contribution is 7.93. The van der Waals surface area contributed by atoms with Gasteiger partial charge >= 0.3 is 0 Å². The van der Waals surface area contributed by atoms with E-state index in [1.807, 2.05) is 0 Å². The maximum atomic E-state index is 12.4. The van der Waals surface area contributed by atoms with Crippen molar-refractivity contribution in [2.24, 2.45) is 11.7 Å². The van der Waals surface area contributed by atoms with E-state index in [2.05, 4.69) is 4.98 Å². The topological polar surface area (TPSA) is 123 Å². The van der Waals surface area contributed by atoms with E-state index in [1.54, 1.807) is 18.4 Å².